The van der Waals surface area contributed by atoms with Crippen LogP contribution in [0.1, 0.15) is 6.42 Å². The summed E-state index contributed by atoms with van der Waals surface area (Å²) in [4.78, 5) is 14.4. The molecule has 7 heteroatoms. The molecule has 0 saturated carbocycles. The zero-order valence-electron chi connectivity index (χ0n) is 13.5. The summed E-state index contributed by atoms with van der Waals surface area (Å²) >= 11 is 2.18. The number of hydrogen-bond acceptors (Lipinski definition) is 4. The van der Waals surface area contributed by atoms with Gasteiger partial charge >= 0.3 is 0 Å². The number of anilines is 1. The number of benzene rings is 2. The molecule has 1 unspecified atom stereocenters. The van der Waals surface area contributed by atoms with Crippen LogP contribution in [0.4, 0.5) is 5.69 Å². The van der Waals surface area contributed by atoms with Gasteiger partial charge in [0.1, 0.15) is 5.75 Å². The van der Waals surface area contributed by atoms with Crippen LogP contribution in [0.5, 0.6) is 5.75 Å². The van der Waals surface area contributed by atoms with E-state index in [1.54, 1.807) is 11.0 Å². The third-order valence-electron chi connectivity index (χ3n) is 4.03. The predicted octanol–water partition coefficient (Wildman–Crippen LogP) is 2.89. The van der Waals surface area contributed by atoms with E-state index in [2.05, 4.69) is 22.6 Å². The molecule has 1 aliphatic rings. The lowest BCUT2D eigenvalue weighted by Crippen LogP contribution is -2.43. The molecular weight excluding hydrogens is 453 g/mol. The van der Waals surface area contributed by atoms with Gasteiger partial charge in [-0.25, -0.2) is 8.42 Å². The molecule has 0 N–H and O–H groups in total. The molecular formula is C18H18INO4S. The highest BCUT2D eigenvalue weighted by Gasteiger charge is 2.35. The van der Waals surface area contributed by atoms with E-state index in [0.29, 0.717) is 17.9 Å². The van der Waals surface area contributed by atoms with Crippen molar-refractivity contribution in [3.8, 4) is 5.75 Å². The topological polar surface area (TPSA) is 63.7 Å². The maximum Gasteiger partial charge on any atom is 0.265 e. The number of ether oxygens (including phenoxy) is 1. The Morgan fingerprint density at radius 2 is 1.92 bits per heavy atom. The molecule has 1 atom stereocenters. The van der Waals surface area contributed by atoms with Gasteiger partial charge in [0.15, 0.2) is 16.4 Å². The van der Waals surface area contributed by atoms with Crippen molar-refractivity contribution in [2.24, 2.45) is 0 Å². The van der Waals surface area contributed by atoms with Gasteiger partial charge in [-0.05, 0) is 59.3 Å². The Kier molecular flexibility index (Phi) is 5.63. The number of para-hydroxylation sites is 1. The first-order valence-corrected chi connectivity index (χ1v) is 10.8. The third-order valence-corrected chi connectivity index (χ3v) is 6.46. The Labute approximate surface area is 161 Å². The molecule has 0 bridgehead atoms. The Balaban J connectivity index is 1.78. The van der Waals surface area contributed by atoms with Gasteiger partial charge in [0.25, 0.3) is 5.91 Å². The zero-order chi connectivity index (χ0) is 17.9. The van der Waals surface area contributed by atoms with E-state index in [1.807, 2.05) is 48.5 Å². The van der Waals surface area contributed by atoms with Crippen molar-refractivity contribution < 1.29 is 17.9 Å². The summed E-state index contributed by atoms with van der Waals surface area (Å²) in [7, 11) is -3.09. The quantitative estimate of drug-likeness (QED) is 0.630. The summed E-state index contributed by atoms with van der Waals surface area (Å²) in [5.74, 6) is 0.488. The first kappa shape index (κ1) is 18.2. The molecule has 25 heavy (non-hydrogen) atoms. The van der Waals surface area contributed by atoms with Gasteiger partial charge in [-0.15, -0.1) is 0 Å². The highest BCUT2D eigenvalue weighted by Crippen LogP contribution is 2.25. The van der Waals surface area contributed by atoms with Crippen LogP contribution in [0, 0.1) is 3.57 Å². The molecule has 2 aromatic rings. The molecule has 1 fully saturated rings. The van der Waals surface area contributed by atoms with Gasteiger partial charge in [-0.3, -0.25) is 4.79 Å². The number of rotatable bonds is 5. The summed E-state index contributed by atoms with van der Waals surface area (Å²) in [6, 6.07) is 16.2. The molecule has 2 aromatic carbocycles. The first-order valence-electron chi connectivity index (χ1n) is 7.90. The standard InChI is InChI=1S/C18H18INO4S/c19-14-5-4-8-17(11-14)24-12-18(21)20(15-6-2-1-3-7-15)16-9-10-25(22,23)13-16/h1-8,11,16H,9-10,12-13H2. The molecule has 132 valence electrons. The van der Waals surface area contributed by atoms with E-state index in [9.17, 15) is 13.2 Å². The molecule has 1 heterocycles. The largest absolute Gasteiger partial charge is 0.484 e. The fourth-order valence-corrected chi connectivity index (χ4v) is 5.11. The van der Waals surface area contributed by atoms with Crippen LogP contribution in [0.15, 0.2) is 54.6 Å². The third kappa shape index (κ3) is 4.72. The van der Waals surface area contributed by atoms with E-state index in [4.69, 9.17) is 4.74 Å². The monoisotopic (exact) mass is 471 g/mol. The van der Waals surface area contributed by atoms with Gasteiger partial charge in [-0.1, -0.05) is 24.3 Å². The van der Waals surface area contributed by atoms with Gasteiger partial charge in [-0.2, -0.15) is 0 Å². The van der Waals surface area contributed by atoms with Crippen LogP contribution < -0.4 is 9.64 Å². The van der Waals surface area contributed by atoms with Crippen molar-refractivity contribution >= 4 is 44.0 Å². The Hall–Kier alpha value is -1.61. The van der Waals surface area contributed by atoms with Crippen LogP contribution in [0.2, 0.25) is 0 Å². The number of carbonyl (C=O) groups excluding carboxylic acids is 1. The van der Waals surface area contributed by atoms with E-state index in [0.717, 1.165) is 3.57 Å². The van der Waals surface area contributed by atoms with E-state index < -0.39 is 9.84 Å². The van der Waals surface area contributed by atoms with Crippen LogP contribution in [-0.2, 0) is 14.6 Å². The Morgan fingerprint density at radius 3 is 2.56 bits per heavy atom. The minimum atomic E-state index is -3.09. The minimum Gasteiger partial charge on any atom is -0.484 e. The van der Waals surface area contributed by atoms with Crippen molar-refractivity contribution in [2.75, 3.05) is 23.0 Å². The van der Waals surface area contributed by atoms with Crippen LogP contribution in [0.25, 0.3) is 0 Å². The number of halogens is 1. The fraction of sp³-hybridized carbons (Fsp3) is 0.278. The SMILES string of the molecule is O=C(COc1cccc(I)c1)N(c1ccccc1)C1CCS(=O)(=O)C1. The smallest absolute Gasteiger partial charge is 0.265 e. The maximum absolute atomic E-state index is 12.8. The minimum absolute atomic E-state index is 0.00311. The van der Waals surface area contributed by atoms with E-state index in [1.165, 1.54) is 0 Å². The van der Waals surface area contributed by atoms with Gasteiger partial charge < -0.3 is 9.64 Å². The van der Waals surface area contributed by atoms with Crippen LogP contribution in [-0.4, -0.2) is 38.5 Å². The lowest BCUT2D eigenvalue weighted by atomic mass is 10.2. The summed E-state index contributed by atoms with van der Waals surface area (Å²) < 4.78 is 30.3. The second-order valence-corrected chi connectivity index (χ2v) is 9.38. The molecule has 1 amide bonds. The van der Waals surface area contributed by atoms with Crippen molar-refractivity contribution in [1.29, 1.82) is 0 Å². The zero-order valence-corrected chi connectivity index (χ0v) is 16.4. The Bertz CT molecular complexity index is 854. The number of carbonyl (C=O) groups is 1. The predicted molar refractivity (Wildman–Crippen MR) is 106 cm³/mol. The van der Waals surface area contributed by atoms with Gasteiger partial charge in [0.2, 0.25) is 0 Å². The van der Waals surface area contributed by atoms with Crippen molar-refractivity contribution in [2.45, 2.75) is 12.5 Å². The summed E-state index contributed by atoms with van der Waals surface area (Å²) in [6.07, 6.45) is 0.451. The number of nitrogens with zero attached hydrogens (tertiary/aromatic N) is 1. The van der Waals surface area contributed by atoms with Crippen LogP contribution >= 0.6 is 22.6 Å². The molecule has 1 aliphatic heterocycles. The molecule has 0 spiro atoms. The molecule has 1 saturated heterocycles. The van der Waals surface area contributed by atoms with E-state index >= 15 is 0 Å². The van der Waals surface area contributed by atoms with Crippen molar-refractivity contribution in [3.63, 3.8) is 0 Å². The van der Waals surface area contributed by atoms with Crippen LogP contribution in [0.3, 0.4) is 0 Å². The lowest BCUT2D eigenvalue weighted by molar-refractivity contribution is -0.121. The molecule has 0 aromatic heterocycles. The normalized spacial score (nSPS) is 18.7. The second-order valence-electron chi connectivity index (χ2n) is 5.90. The molecule has 3 rings (SSSR count). The maximum atomic E-state index is 12.8. The highest BCUT2D eigenvalue weighted by atomic mass is 127. The van der Waals surface area contributed by atoms with Crippen molar-refractivity contribution in [3.05, 3.63) is 58.2 Å². The summed E-state index contributed by atoms with van der Waals surface area (Å²) in [6.45, 7) is -0.133. The van der Waals surface area contributed by atoms with Crippen molar-refractivity contribution in [1.82, 2.24) is 0 Å². The Morgan fingerprint density at radius 1 is 1.16 bits per heavy atom. The highest BCUT2D eigenvalue weighted by molar-refractivity contribution is 14.1. The summed E-state index contributed by atoms with van der Waals surface area (Å²) in [5, 5.41) is 0. The molecule has 0 radical (unpaired) electrons. The molecule has 0 aliphatic carbocycles. The molecule has 5 nitrogen and oxygen atoms in total. The fourth-order valence-electron chi connectivity index (χ4n) is 2.90. The first-order chi connectivity index (χ1) is 11.9. The summed E-state index contributed by atoms with van der Waals surface area (Å²) in [5.41, 5.74) is 0.695. The van der Waals surface area contributed by atoms with Gasteiger partial charge in [0.05, 0.1) is 17.5 Å². The average molecular weight is 471 g/mol. The number of hydrogen-bond donors (Lipinski definition) is 0. The number of sulfone groups is 1. The second kappa shape index (κ2) is 7.74. The van der Waals surface area contributed by atoms with Gasteiger partial charge in [0, 0.05) is 9.26 Å². The lowest BCUT2D eigenvalue weighted by Gasteiger charge is -2.28. The number of amides is 1. The van der Waals surface area contributed by atoms with E-state index in [-0.39, 0.29) is 30.1 Å². The average Bonchev–Trinajstić information content (AvgIpc) is 2.94.